The molecular formula is C28H25ClN2O5. The van der Waals surface area contributed by atoms with Crippen molar-refractivity contribution in [3.05, 3.63) is 100 Å². The molecule has 1 heterocycles. The van der Waals surface area contributed by atoms with Crippen LogP contribution in [0.5, 0.6) is 0 Å². The summed E-state index contributed by atoms with van der Waals surface area (Å²) in [6.45, 7) is 3.88. The molecule has 0 N–H and O–H groups in total. The summed E-state index contributed by atoms with van der Waals surface area (Å²) in [5.74, 6) is -1.81. The lowest BCUT2D eigenvalue weighted by molar-refractivity contribution is -0.122. The molecule has 0 aliphatic carbocycles. The molecule has 0 saturated carbocycles. The Balaban J connectivity index is 1.66. The highest BCUT2D eigenvalue weighted by Gasteiger charge is 2.44. The molecule has 3 aromatic carbocycles. The number of carbonyl (C=O) groups excluding carboxylic acids is 4. The number of hydrogen-bond donors (Lipinski definition) is 0. The molecule has 1 aliphatic rings. The molecule has 3 aromatic rings. The predicted octanol–water partition coefficient (Wildman–Crippen LogP) is 4.80. The number of nitrogens with zero attached hydrogens (tertiary/aromatic N) is 2. The van der Waals surface area contributed by atoms with Crippen molar-refractivity contribution in [1.82, 2.24) is 4.90 Å². The lowest BCUT2D eigenvalue weighted by Gasteiger charge is -2.28. The molecular weight excluding hydrogens is 480 g/mol. The molecule has 36 heavy (non-hydrogen) atoms. The molecule has 7 nitrogen and oxygen atoms in total. The van der Waals surface area contributed by atoms with Crippen molar-refractivity contribution in [2.75, 3.05) is 11.5 Å². The zero-order chi connectivity index (χ0) is 25.8. The van der Waals surface area contributed by atoms with Gasteiger partial charge in [0.15, 0.2) is 0 Å². The molecule has 1 saturated heterocycles. The lowest BCUT2D eigenvalue weighted by atomic mass is 10.1. The normalized spacial score (nSPS) is 15.2. The van der Waals surface area contributed by atoms with E-state index in [1.807, 2.05) is 13.0 Å². The predicted molar refractivity (Wildman–Crippen MR) is 136 cm³/mol. The number of carbonyl (C=O) groups is 4. The van der Waals surface area contributed by atoms with E-state index < -0.39 is 23.8 Å². The van der Waals surface area contributed by atoms with E-state index in [1.54, 1.807) is 49.4 Å². The van der Waals surface area contributed by atoms with Crippen LogP contribution in [0.2, 0.25) is 5.02 Å². The van der Waals surface area contributed by atoms with Gasteiger partial charge in [0.05, 0.1) is 24.3 Å². The first-order valence-electron chi connectivity index (χ1n) is 11.5. The van der Waals surface area contributed by atoms with Crippen LogP contribution >= 0.6 is 11.6 Å². The van der Waals surface area contributed by atoms with Crippen LogP contribution in [0.15, 0.2) is 72.8 Å². The van der Waals surface area contributed by atoms with E-state index >= 15 is 0 Å². The fraction of sp³-hybridized carbons (Fsp3) is 0.214. The van der Waals surface area contributed by atoms with Gasteiger partial charge in [-0.1, -0.05) is 47.5 Å². The van der Waals surface area contributed by atoms with Gasteiger partial charge in [0.2, 0.25) is 5.91 Å². The molecule has 4 rings (SSSR count). The first-order chi connectivity index (χ1) is 17.3. The van der Waals surface area contributed by atoms with Gasteiger partial charge in [-0.3, -0.25) is 14.4 Å². The van der Waals surface area contributed by atoms with Crippen LogP contribution < -0.4 is 4.90 Å². The summed E-state index contributed by atoms with van der Waals surface area (Å²) >= 11 is 6.37. The standard InChI is InChI=1S/C28H25ClN2O5/c1-3-36-28(35)19-11-13-22(14-12-19)31-25(32)16-24(27(31)34)30(17-21-8-4-5-10-23(21)29)26(33)20-9-6-7-18(2)15-20/h4-15,24H,3,16-17H2,1-2H3. The highest BCUT2D eigenvalue weighted by Crippen LogP contribution is 2.29. The summed E-state index contributed by atoms with van der Waals surface area (Å²) in [6, 6.07) is 19.2. The quantitative estimate of drug-likeness (QED) is 0.341. The van der Waals surface area contributed by atoms with Crippen molar-refractivity contribution in [3.63, 3.8) is 0 Å². The third kappa shape index (κ3) is 5.16. The van der Waals surface area contributed by atoms with Crippen molar-refractivity contribution in [1.29, 1.82) is 0 Å². The van der Waals surface area contributed by atoms with Gasteiger partial charge in [0.25, 0.3) is 11.8 Å². The smallest absolute Gasteiger partial charge is 0.338 e. The van der Waals surface area contributed by atoms with Gasteiger partial charge >= 0.3 is 5.97 Å². The van der Waals surface area contributed by atoms with Crippen molar-refractivity contribution < 1.29 is 23.9 Å². The highest BCUT2D eigenvalue weighted by atomic mass is 35.5. The van der Waals surface area contributed by atoms with Gasteiger partial charge in [-0.2, -0.15) is 0 Å². The van der Waals surface area contributed by atoms with E-state index in [9.17, 15) is 19.2 Å². The SMILES string of the molecule is CCOC(=O)c1ccc(N2C(=O)CC(N(Cc3ccccc3Cl)C(=O)c3cccc(C)c3)C2=O)cc1. The largest absolute Gasteiger partial charge is 0.462 e. The molecule has 1 fully saturated rings. The van der Waals surface area contributed by atoms with E-state index in [1.165, 1.54) is 29.2 Å². The summed E-state index contributed by atoms with van der Waals surface area (Å²) in [5, 5.41) is 0.461. The van der Waals surface area contributed by atoms with Crippen LogP contribution in [0.3, 0.4) is 0 Å². The molecule has 3 amide bonds. The summed E-state index contributed by atoms with van der Waals surface area (Å²) in [7, 11) is 0. The number of amides is 3. The number of hydrogen-bond acceptors (Lipinski definition) is 5. The molecule has 0 radical (unpaired) electrons. The van der Waals surface area contributed by atoms with E-state index in [0.29, 0.717) is 27.4 Å². The Morgan fingerprint density at radius 2 is 1.72 bits per heavy atom. The zero-order valence-electron chi connectivity index (χ0n) is 19.9. The van der Waals surface area contributed by atoms with Gasteiger partial charge < -0.3 is 9.64 Å². The molecule has 0 spiro atoms. The van der Waals surface area contributed by atoms with E-state index in [0.717, 1.165) is 10.5 Å². The Morgan fingerprint density at radius 3 is 2.39 bits per heavy atom. The molecule has 1 unspecified atom stereocenters. The molecule has 184 valence electrons. The van der Waals surface area contributed by atoms with E-state index in [4.69, 9.17) is 16.3 Å². The highest BCUT2D eigenvalue weighted by molar-refractivity contribution is 6.31. The van der Waals surface area contributed by atoms with E-state index in [2.05, 4.69) is 0 Å². The van der Waals surface area contributed by atoms with Crippen molar-refractivity contribution in [3.8, 4) is 0 Å². The Hall–Kier alpha value is -3.97. The molecule has 1 atom stereocenters. The molecule has 1 aliphatic heterocycles. The maximum atomic E-state index is 13.6. The Labute approximate surface area is 214 Å². The second-order valence-electron chi connectivity index (χ2n) is 8.45. The van der Waals surface area contributed by atoms with Crippen molar-refractivity contribution in [2.24, 2.45) is 0 Å². The van der Waals surface area contributed by atoms with Crippen molar-refractivity contribution >= 4 is 41.0 Å². The maximum absolute atomic E-state index is 13.6. The van der Waals surface area contributed by atoms with E-state index in [-0.39, 0.29) is 25.5 Å². The zero-order valence-corrected chi connectivity index (χ0v) is 20.7. The number of imide groups is 1. The Morgan fingerprint density at radius 1 is 1.00 bits per heavy atom. The fourth-order valence-electron chi connectivity index (χ4n) is 4.17. The second kappa shape index (κ2) is 10.7. The number of esters is 1. The minimum Gasteiger partial charge on any atom is -0.462 e. The van der Waals surface area contributed by atoms with Crippen LogP contribution in [-0.4, -0.2) is 41.2 Å². The lowest BCUT2D eigenvalue weighted by Crippen LogP contribution is -2.45. The summed E-state index contributed by atoms with van der Waals surface area (Å²) in [4.78, 5) is 54.6. The maximum Gasteiger partial charge on any atom is 0.338 e. The third-order valence-electron chi connectivity index (χ3n) is 5.96. The van der Waals surface area contributed by atoms with Crippen LogP contribution in [-0.2, 0) is 20.9 Å². The Kier molecular flexibility index (Phi) is 7.50. The first-order valence-corrected chi connectivity index (χ1v) is 11.9. The van der Waals surface area contributed by atoms with Crippen molar-refractivity contribution in [2.45, 2.75) is 32.9 Å². The average molecular weight is 505 g/mol. The number of halogens is 1. The molecule has 0 bridgehead atoms. The number of rotatable bonds is 7. The molecule has 0 aromatic heterocycles. The van der Waals surface area contributed by atoms with Gasteiger partial charge in [0.1, 0.15) is 6.04 Å². The number of benzene rings is 3. The van der Waals surface area contributed by atoms with Gasteiger partial charge in [-0.15, -0.1) is 0 Å². The second-order valence-corrected chi connectivity index (χ2v) is 8.86. The average Bonchev–Trinajstić information content (AvgIpc) is 3.16. The minimum atomic E-state index is -1.01. The monoisotopic (exact) mass is 504 g/mol. The summed E-state index contributed by atoms with van der Waals surface area (Å²) in [6.07, 6.45) is -0.166. The minimum absolute atomic E-state index is 0.0613. The van der Waals surface area contributed by atoms with Crippen LogP contribution in [0.25, 0.3) is 0 Å². The summed E-state index contributed by atoms with van der Waals surface area (Å²) in [5.41, 5.74) is 2.61. The number of ether oxygens (including phenoxy) is 1. The fourth-order valence-corrected chi connectivity index (χ4v) is 4.36. The third-order valence-corrected chi connectivity index (χ3v) is 6.33. The van der Waals surface area contributed by atoms with Gasteiger partial charge in [-0.05, 0) is 61.9 Å². The van der Waals surface area contributed by atoms with Crippen LogP contribution in [0, 0.1) is 6.92 Å². The number of aryl methyl sites for hydroxylation is 1. The van der Waals surface area contributed by atoms with Gasteiger partial charge in [-0.25, -0.2) is 9.69 Å². The number of anilines is 1. The summed E-state index contributed by atoms with van der Waals surface area (Å²) < 4.78 is 4.99. The van der Waals surface area contributed by atoms with Gasteiger partial charge in [0, 0.05) is 17.1 Å². The van der Waals surface area contributed by atoms with Crippen LogP contribution in [0.4, 0.5) is 5.69 Å². The Bertz CT molecular complexity index is 1320. The van der Waals surface area contributed by atoms with Crippen LogP contribution in [0.1, 0.15) is 45.2 Å². The first kappa shape index (κ1) is 25.1. The molecule has 8 heteroatoms. The topological polar surface area (TPSA) is 84.0 Å².